The third kappa shape index (κ3) is 4.05. The Hall–Kier alpha value is -1.39. The normalized spacial score (nSPS) is 20.1. The number of amides is 1. The summed E-state index contributed by atoms with van der Waals surface area (Å²) in [7, 11) is 0. The first-order valence-corrected chi connectivity index (χ1v) is 7.82. The lowest BCUT2D eigenvalue weighted by Crippen LogP contribution is -2.44. The average molecular weight is 289 g/mol. The first-order valence-electron chi connectivity index (χ1n) is 7.82. The lowest BCUT2D eigenvalue weighted by molar-refractivity contribution is -0.119. The number of carbonyl (C=O) groups is 1. The molecule has 1 saturated heterocycles. The Morgan fingerprint density at radius 3 is 2.48 bits per heavy atom. The Morgan fingerprint density at radius 2 is 1.95 bits per heavy atom. The molecule has 4 heteroatoms. The van der Waals surface area contributed by atoms with E-state index in [0.717, 1.165) is 25.9 Å². The summed E-state index contributed by atoms with van der Waals surface area (Å²) in [6.45, 7) is 6.19. The van der Waals surface area contributed by atoms with Crippen LogP contribution in [0.4, 0.5) is 0 Å². The van der Waals surface area contributed by atoms with Gasteiger partial charge >= 0.3 is 0 Å². The molecule has 0 bridgehead atoms. The number of primary amides is 1. The van der Waals surface area contributed by atoms with Gasteiger partial charge in [0, 0.05) is 18.5 Å². The summed E-state index contributed by atoms with van der Waals surface area (Å²) >= 11 is 0. The number of nitrogens with zero attached hydrogens (tertiary/aromatic N) is 1. The van der Waals surface area contributed by atoms with Gasteiger partial charge in [0.15, 0.2) is 0 Å². The minimum atomic E-state index is -0.184. The fraction of sp³-hybridized carbons (Fsp3) is 0.588. The molecule has 1 aromatic carbocycles. The maximum absolute atomic E-state index is 11.0. The lowest BCUT2D eigenvalue weighted by atomic mass is 9.89. The van der Waals surface area contributed by atoms with Gasteiger partial charge in [0.2, 0.25) is 5.91 Å². The number of likely N-dealkylation sites (tertiary alicyclic amines) is 1. The van der Waals surface area contributed by atoms with Crippen LogP contribution < -0.4 is 11.5 Å². The van der Waals surface area contributed by atoms with Crippen LogP contribution in [0.15, 0.2) is 24.3 Å². The van der Waals surface area contributed by atoms with Crippen molar-refractivity contribution in [2.75, 3.05) is 13.1 Å². The predicted octanol–water partition coefficient (Wildman–Crippen LogP) is 1.97. The van der Waals surface area contributed by atoms with E-state index in [1.807, 2.05) is 0 Å². The molecule has 21 heavy (non-hydrogen) atoms. The highest BCUT2D eigenvalue weighted by Gasteiger charge is 2.29. The highest BCUT2D eigenvalue weighted by Crippen LogP contribution is 2.31. The molecule has 1 fully saturated rings. The number of hydrogen-bond acceptors (Lipinski definition) is 3. The van der Waals surface area contributed by atoms with Gasteiger partial charge < -0.3 is 11.5 Å². The van der Waals surface area contributed by atoms with Gasteiger partial charge in [-0.15, -0.1) is 0 Å². The fourth-order valence-corrected chi connectivity index (χ4v) is 3.45. The van der Waals surface area contributed by atoms with Gasteiger partial charge in [0.25, 0.3) is 0 Å². The minimum absolute atomic E-state index is 0.0822. The number of hydrogen-bond donors (Lipinski definition) is 2. The summed E-state index contributed by atoms with van der Waals surface area (Å²) in [6.07, 6.45) is 2.57. The van der Waals surface area contributed by atoms with Gasteiger partial charge in [0.05, 0.1) is 0 Å². The van der Waals surface area contributed by atoms with Crippen molar-refractivity contribution in [3.05, 3.63) is 35.4 Å². The SMILES string of the molecule is Cc1ccccc1C(C(C)N)N1CCC(CC(N)=O)CC1. The van der Waals surface area contributed by atoms with E-state index in [2.05, 4.69) is 43.0 Å². The molecule has 2 atom stereocenters. The summed E-state index contributed by atoms with van der Waals surface area (Å²) in [4.78, 5) is 13.5. The molecule has 1 amide bonds. The third-order valence-corrected chi connectivity index (χ3v) is 4.54. The molecular formula is C17H27N3O. The van der Waals surface area contributed by atoms with Crippen molar-refractivity contribution in [2.45, 2.75) is 45.2 Å². The number of carbonyl (C=O) groups excluding carboxylic acids is 1. The first kappa shape index (κ1) is 16.0. The molecule has 2 rings (SSSR count). The van der Waals surface area contributed by atoms with Crippen LogP contribution in [0.25, 0.3) is 0 Å². The molecule has 1 heterocycles. The standard InChI is InChI=1S/C17H27N3O/c1-12-5-3-4-6-15(12)17(13(2)18)20-9-7-14(8-10-20)11-16(19)21/h3-6,13-14,17H,7-11,18H2,1-2H3,(H2,19,21). The van der Waals surface area contributed by atoms with Crippen LogP contribution in [0, 0.1) is 12.8 Å². The van der Waals surface area contributed by atoms with Crippen molar-refractivity contribution in [3.63, 3.8) is 0 Å². The van der Waals surface area contributed by atoms with Gasteiger partial charge in [-0.25, -0.2) is 0 Å². The van der Waals surface area contributed by atoms with E-state index in [1.54, 1.807) is 0 Å². The van der Waals surface area contributed by atoms with Gasteiger partial charge in [0.1, 0.15) is 0 Å². The van der Waals surface area contributed by atoms with E-state index in [1.165, 1.54) is 11.1 Å². The van der Waals surface area contributed by atoms with Crippen LogP contribution >= 0.6 is 0 Å². The Balaban J connectivity index is 2.08. The van der Waals surface area contributed by atoms with Gasteiger partial charge in [-0.05, 0) is 56.8 Å². The highest BCUT2D eigenvalue weighted by atomic mass is 16.1. The number of benzene rings is 1. The van der Waals surface area contributed by atoms with E-state index >= 15 is 0 Å². The van der Waals surface area contributed by atoms with Gasteiger partial charge in [-0.3, -0.25) is 9.69 Å². The van der Waals surface area contributed by atoms with Crippen molar-refractivity contribution in [1.82, 2.24) is 4.90 Å². The summed E-state index contributed by atoms with van der Waals surface area (Å²) in [6, 6.07) is 8.80. The quantitative estimate of drug-likeness (QED) is 0.870. The molecule has 0 saturated carbocycles. The van der Waals surface area contributed by atoms with Crippen LogP contribution in [0.3, 0.4) is 0 Å². The molecule has 0 radical (unpaired) electrons. The zero-order valence-corrected chi connectivity index (χ0v) is 13.1. The Morgan fingerprint density at radius 1 is 1.33 bits per heavy atom. The van der Waals surface area contributed by atoms with E-state index in [4.69, 9.17) is 11.5 Å². The van der Waals surface area contributed by atoms with Crippen LogP contribution in [0.1, 0.15) is 43.4 Å². The maximum Gasteiger partial charge on any atom is 0.217 e. The van der Waals surface area contributed by atoms with Crippen molar-refractivity contribution in [1.29, 1.82) is 0 Å². The second kappa shape index (κ2) is 7.05. The zero-order chi connectivity index (χ0) is 15.4. The number of piperidine rings is 1. The minimum Gasteiger partial charge on any atom is -0.370 e. The number of nitrogens with two attached hydrogens (primary N) is 2. The summed E-state index contributed by atoms with van der Waals surface area (Å²) < 4.78 is 0. The van der Waals surface area contributed by atoms with E-state index in [9.17, 15) is 4.79 Å². The average Bonchev–Trinajstić information content (AvgIpc) is 2.42. The van der Waals surface area contributed by atoms with Gasteiger partial charge in [-0.1, -0.05) is 24.3 Å². The largest absolute Gasteiger partial charge is 0.370 e. The highest BCUT2D eigenvalue weighted by molar-refractivity contribution is 5.73. The molecule has 1 aliphatic rings. The number of aryl methyl sites for hydroxylation is 1. The first-order chi connectivity index (χ1) is 9.99. The van der Waals surface area contributed by atoms with E-state index < -0.39 is 0 Å². The fourth-order valence-electron chi connectivity index (χ4n) is 3.45. The van der Waals surface area contributed by atoms with E-state index in [-0.39, 0.29) is 18.0 Å². The predicted molar refractivity (Wildman–Crippen MR) is 85.7 cm³/mol. The van der Waals surface area contributed by atoms with E-state index in [0.29, 0.717) is 12.3 Å². The topological polar surface area (TPSA) is 72.3 Å². The van der Waals surface area contributed by atoms with Crippen LogP contribution in [-0.2, 0) is 4.79 Å². The Labute approximate surface area is 127 Å². The lowest BCUT2D eigenvalue weighted by Gasteiger charge is -2.40. The summed E-state index contributed by atoms with van der Waals surface area (Å²) in [5.74, 6) is 0.250. The molecule has 0 aromatic heterocycles. The van der Waals surface area contributed by atoms with Crippen molar-refractivity contribution in [2.24, 2.45) is 17.4 Å². The second-order valence-electron chi connectivity index (χ2n) is 6.31. The molecule has 4 N–H and O–H groups in total. The van der Waals surface area contributed by atoms with Crippen LogP contribution in [-0.4, -0.2) is 29.9 Å². The Bertz CT molecular complexity index is 479. The molecule has 116 valence electrons. The van der Waals surface area contributed by atoms with Crippen LogP contribution in [0.2, 0.25) is 0 Å². The molecule has 1 aliphatic heterocycles. The summed E-state index contributed by atoms with van der Waals surface area (Å²) in [5, 5.41) is 0. The molecular weight excluding hydrogens is 262 g/mol. The van der Waals surface area contributed by atoms with Crippen molar-refractivity contribution in [3.8, 4) is 0 Å². The second-order valence-corrected chi connectivity index (χ2v) is 6.31. The van der Waals surface area contributed by atoms with Crippen molar-refractivity contribution >= 4 is 5.91 Å². The van der Waals surface area contributed by atoms with Gasteiger partial charge in [-0.2, -0.15) is 0 Å². The molecule has 1 aromatic rings. The molecule has 0 spiro atoms. The monoisotopic (exact) mass is 289 g/mol. The zero-order valence-electron chi connectivity index (χ0n) is 13.1. The molecule has 4 nitrogen and oxygen atoms in total. The molecule has 2 unspecified atom stereocenters. The third-order valence-electron chi connectivity index (χ3n) is 4.54. The maximum atomic E-state index is 11.0. The molecule has 0 aliphatic carbocycles. The number of rotatable bonds is 5. The summed E-state index contributed by atoms with van der Waals surface area (Å²) in [5.41, 5.74) is 14.2. The van der Waals surface area contributed by atoms with Crippen molar-refractivity contribution < 1.29 is 4.79 Å². The Kier molecular flexibility index (Phi) is 5.37. The van der Waals surface area contributed by atoms with Crippen LogP contribution in [0.5, 0.6) is 0 Å². The smallest absolute Gasteiger partial charge is 0.217 e.